The molecule has 3 heteroatoms. The van der Waals surface area contributed by atoms with E-state index >= 15 is 0 Å². The van der Waals surface area contributed by atoms with Crippen LogP contribution in [-0.4, -0.2) is 30.2 Å². The lowest BCUT2D eigenvalue weighted by atomic mass is 9.52. The lowest BCUT2D eigenvalue weighted by Crippen LogP contribution is -2.51. The van der Waals surface area contributed by atoms with Gasteiger partial charge in [-0.1, -0.05) is 62.2 Å². The van der Waals surface area contributed by atoms with Crippen molar-refractivity contribution in [1.29, 1.82) is 0 Å². The Morgan fingerprint density at radius 2 is 1.97 bits per heavy atom. The molecule has 3 aliphatic carbocycles. The van der Waals surface area contributed by atoms with Crippen molar-refractivity contribution >= 4 is 5.91 Å². The topological polar surface area (TPSA) is 29.5 Å². The van der Waals surface area contributed by atoms with Crippen LogP contribution in [0.3, 0.4) is 0 Å². The maximum atomic E-state index is 14.0. The largest absolute Gasteiger partial charge is 0.358 e. The van der Waals surface area contributed by atoms with Gasteiger partial charge in [0.25, 0.3) is 0 Å². The molecule has 6 atom stereocenters. The first-order chi connectivity index (χ1) is 14.1. The van der Waals surface area contributed by atoms with Gasteiger partial charge in [-0.3, -0.25) is 4.79 Å². The molecule has 1 aromatic rings. The molecule has 1 aliphatic heterocycles. The minimum Gasteiger partial charge on any atom is -0.358 e. The Balaban J connectivity index is 1.72. The highest BCUT2D eigenvalue weighted by atomic mass is 16.5. The third kappa shape index (κ3) is 2.06. The summed E-state index contributed by atoms with van der Waals surface area (Å²) in [5.41, 5.74) is 1.11. The summed E-state index contributed by atoms with van der Waals surface area (Å²) in [7, 11) is 0. The number of ether oxygens (including phenoxy) is 1. The molecule has 29 heavy (non-hydrogen) atoms. The van der Waals surface area contributed by atoms with Gasteiger partial charge >= 0.3 is 0 Å². The molecule has 1 saturated heterocycles. The number of rotatable bonds is 5. The molecule has 1 heterocycles. The molecule has 0 unspecified atom stereocenters. The molecule has 0 spiro atoms. The van der Waals surface area contributed by atoms with Crippen LogP contribution in [0.2, 0.25) is 0 Å². The van der Waals surface area contributed by atoms with Crippen LogP contribution >= 0.6 is 0 Å². The maximum absolute atomic E-state index is 14.0. The molecule has 3 nitrogen and oxygen atoms in total. The Kier molecular flexibility index (Phi) is 4.23. The molecular formula is C26H31NO2. The van der Waals surface area contributed by atoms with Crippen LogP contribution in [0.5, 0.6) is 0 Å². The van der Waals surface area contributed by atoms with Crippen LogP contribution in [0, 0.1) is 35.0 Å². The van der Waals surface area contributed by atoms with Gasteiger partial charge in [0.2, 0.25) is 5.91 Å². The summed E-state index contributed by atoms with van der Waals surface area (Å²) in [6, 6.07) is 10.8. The van der Waals surface area contributed by atoms with Gasteiger partial charge in [0, 0.05) is 36.3 Å². The van der Waals surface area contributed by atoms with Crippen molar-refractivity contribution in [3.63, 3.8) is 0 Å². The van der Waals surface area contributed by atoms with E-state index in [2.05, 4.69) is 55.3 Å². The Morgan fingerprint density at radius 1 is 1.21 bits per heavy atom. The second-order valence-electron chi connectivity index (χ2n) is 9.48. The molecule has 5 rings (SSSR count). The lowest BCUT2D eigenvalue weighted by molar-refractivity contribution is -0.144. The molecule has 0 radical (unpaired) electrons. The van der Waals surface area contributed by atoms with Crippen LogP contribution in [0.15, 0.2) is 42.5 Å². The summed E-state index contributed by atoms with van der Waals surface area (Å²) in [5, 5.41) is 0. The molecule has 2 bridgehead atoms. The van der Waals surface area contributed by atoms with Gasteiger partial charge < -0.3 is 9.64 Å². The SMILES string of the molecule is C#CCCN1C(=O)[C@@H]2[C@H]([C@@H]1OCC)[C@]13C=C[C@@]2(c2ccccc2)[C@@]1(C)CCCC3. The molecule has 3 fully saturated rings. The van der Waals surface area contributed by atoms with E-state index in [0.29, 0.717) is 19.6 Å². The molecule has 2 saturated carbocycles. The van der Waals surface area contributed by atoms with Gasteiger partial charge in [-0.25, -0.2) is 0 Å². The smallest absolute Gasteiger partial charge is 0.229 e. The zero-order valence-electron chi connectivity index (χ0n) is 17.6. The van der Waals surface area contributed by atoms with E-state index in [0.717, 1.165) is 6.42 Å². The van der Waals surface area contributed by atoms with E-state index in [4.69, 9.17) is 11.2 Å². The number of fused-ring (bicyclic) bond motifs is 2. The van der Waals surface area contributed by atoms with Gasteiger partial charge in [0.1, 0.15) is 6.23 Å². The number of nitrogens with zero attached hydrogens (tertiary/aromatic N) is 1. The Bertz CT molecular complexity index is 886. The number of allylic oxidation sites excluding steroid dienone is 2. The quantitative estimate of drug-likeness (QED) is 0.547. The van der Waals surface area contributed by atoms with E-state index in [1.54, 1.807) is 0 Å². The van der Waals surface area contributed by atoms with Crippen molar-refractivity contribution in [1.82, 2.24) is 4.90 Å². The molecule has 4 aliphatic rings. The van der Waals surface area contributed by atoms with Crippen LogP contribution in [0.4, 0.5) is 0 Å². The van der Waals surface area contributed by atoms with Crippen LogP contribution in [-0.2, 0) is 14.9 Å². The monoisotopic (exact) mass is 389 g/mol. The minimum absolute atomic E-state index is 0.0200. The fourth-order valence-corrected chi connectivity index (χ4v) is 7.76. The summed E-state index contributed by atoms with van der Waals surface area (Å²) in [6.45, 7) is 5.69. The minimum atomic E-state index is -0.253. The van der Waals surface area contributed by atoms with Crippen molar-refractivity contribution in [2.45, 2.75) is 57.6 Å². The highest BCUT2D eigenvalue weighted by molar-refractivity contribution is 5.87. The van der Waals surface area contributed by atoms with Crippen molar-refractivity contribution in [3.8, 4) is 12.3 Å². The summed E-state index contributed by atoms with van der Waals surface area (Å²) in [5.74, 6) is 3.10. The predicted molar refractivity (Wildman–Crippen MR) is 114 cm³/mol. The zero-order valence-corrected chi connectivity index (χ0v) is 17.6. The van der Waals surface area contributed by atoms with Gasteiger partial charge in [-0.2, -0.15) is 0 Å². The third-order valence-electron chi connectivity index (χ3n) is 8.80. The van der Waals surface area contributed by atoms with Crippen molar-refractivity contribution in [3.05, 3.63) is 48.0 Å². The van der Waals surface area contributed by atoms with E-state index in [-0.39, 0.29) is 40.2 Å². The Morgan fingerprint density at radius 3 is 2.69 bits per heavy atom. The Hall–Kier alpha value is -2.05. The standard InChI is InChI=1S/C26H31NO2/c1-4-6-18-27-22(28)20-21(23(27)29-5-2)25-15-11-10-14-24(25,3)26(20,17-16-25)19-12-8-7-9-13-19/h1,7-9,12-13,16-17,20-21,23H,5-6,10-11,14-15,18H2,2-3H3/t20-,21+,23-,24-,25-,26-/m0/s1. The number of hydrogen-bond donors (Lipinski definition) is 0. The normalized spacial score (nSPS) is 42.0. The number of terminal acetylenes is 1. The van der Waals surface area contributed by atoms with E-state index < -0.39 is 0 Å². The molecule has 0 aromatic heterocycles. The number of likely N-dealkylation sites (tertiary alicyclic amines) is 1. The van der Waals surface area contributed by atoms with E-state index in [9.17, 15) is 4.79 Å². The van der Waals surface area contributed by atoms with E-state index in [1.165, 1.54) is 24.8 Å². The lowest BCUT2D eigenvalue weighted by Gasteiger charge is -2.52. The highest BCUT2D eigenvalue weighted by Crippen LogP contribution is 2.80. The Labute approximate surface area is 174 Å². The summed E-state index contributed by atoms with van der Waals surface area (Å²) in [6.07, 6.45) is 15.6. The number of amides is 1. The fraction of sp³-hybridized carbons (Fsp3) is 0.577. The number of benzene rings is 1. The van der Waals surface area contributed by atoms with E-state index in [1.807, 2.05) is 11.8 Å². The summed E-state index contributed by atoms with van der Waals surface area (Å²) < 4.78 is 6.32. The average Bonchev–Trinajstić information content (AvgIpc) is 3.26. The highest BCUT2D eigenvalue weighted by Gasteiger charge is 2.81. The van der Waals surface area contributed by atoms with Crippen molar-refractivity contribution in [2.24, 2.45) is 22.7 Å². The number of hydrogen-bond acceptors (Lipinski definition) is 2. The number of carbonyl (C=O) groups is 1. The molecule has 1 aromatic carbocycles. The summed E-state index contributed by atoms with van der Waals surface area (Å²) >= 11 is 0. The number of carbonyl (C=O) groups excluding carboxylic acids is 1. The van der Waals surface area contributed by atoms with Gasteiger partial charge in [0.05, 0.1) is 5.92 Å². The molecule has 152 valence electrons. The fourth-order valence-electron chi connectivity index (χ4n) is 7.76. The second-order valence-corrected chi connectivity index (χ2v) is 9.48. The van der Waals surface area contributed by atoms with Crippen molar-refractivity contribution < 1.29 is 9.53 Å². The van der Waals surface area contributed by atoms with Crippen LogP contribution in [0.1, 0.15) is 51.5 Å². The van der Waals surface area contributed by atoms with Gasteiger partial charge in [-0.05, 0) is 30.7 Å². The molecular weight excluding hydrogens is 358 g/mol. The first-order valence-electron chi connectivity index (χ1n) is 11.2. The summed E-state index contributed by atoms with van der Waals surface area (Å²) in [4.78, 5) is 15.9. The average molecular weight is 390 g/mol. The molecule has 0 N–H and O–H groups in total. The van der Waals surface area contributed by atoms with Crippen molar-refractivity contribution in [2.75, 3.05) is 13.2 Å². The first kappa shape index (κ1) is 18.9. The second kappa shape index (κ2) is 6.47. The first-order valence-corrected chi connectivity index (χ1v) is 11.2. The maximum Gasteiger partial charge on any atom is 0.229 e. The van der Waals surface area contributed by atoms with Gasteiger partial charge in [-0.15, -0.1) is 12.3 Å². The molecule has 1 amide bonds. The predicted octanol–water partition coefficient (Wildman–Crippen LogP) is 4.54. The van der Waals surface area contributed by atoms with Crippen LogP contribution in [0.25, 0.3) is 0 Å². The third-order valence-corrected chi connectivity index (χ3v) is 8.80. The zero-order chi connectivity index (χ0) is 20.3. The van der Waals surface area contributed by atoms with Crippen LogP contribution < -0.4 is 0 Å². The van der Waals surface area contributed by atoms with Gasteiger partial charge in [0.15, 0.2) is 0 Å².